The second kappa shape index (κ2) is 9.65. The van der Waals surface area contributed by atoms with Crippen LogP contribution in [0.25, 0.3) is 20.5 Å². The highest BCUT2D eigenvalue weighted by atomic mass is 35.5. The number of piperazine rings is 1. The van der Waals surface area contributed by atoms with Crippen molar-refractivity contribution in [2.24, 2.45) is 0 Å². The molecule has 0 aliphatic carbocycles. The number of benzene rings is 1. The molecule has 33 heavy (non-hydrogen) atoms. The SMILES string of the molecule is Cl.O=C(c1ncc(-c2ccncc2)s1)N1CCN(S(=O)(=O)c2cc3ccc(Cl)cc3s2)CC1. The van der Waals surface area contributed by atoms with Crippen LogP contribution in [-0.4, -0.2) is 59.7 Å². The largest absolute Gasteiger partial charge is 0.334 e. The summed E-state index contributed by atoms with van der Waals surface area (Å²) in [4.78, 5) is 23.7. The van der Waals surface area contributed by atoms with Gasteiger partial charge >= 0.3 is 0 Å². The highest BCUT2D eigenvalue weighted by Crippen LogP contribution is 2.33. The summed E-state index contributed by atoms with van der Waals surface area (Å²) in [6, 6.07) is 10.7. The number of carbonyl (C=O) groups excluding carboxylic acids is 1. The second-order valence-electron chi connectivity index (χ2n) is 7.21. The van der Waals surface area contributed by atoms with Gasteiger partial charge in [-0.2, -0.15) is 4.31 Å². The zero-order valence-electron chi connectivity index (χ0n) is 17.0. The summed E-state index contributed by atoms with van der Waals surface area (Å²) in [7, 11) is -3.63. The first-order valence-electron chi connectivity index (χ1n) is 9.76. The molecule has 1 amide bonds. The van der Waals surface area contributed by atoms with Gasteiger partial charge in [0, 0.05) is 54.5 Å². The van der Waals surface area contributed by atoms with Crippen molar-refractivity contribution in [3.63, 3.8) is 0 Å². The van der Waals surface area contributed by atoms with E-state index in [1.165, 1.54) is 27.0 Å². The summed E-state index contributed by atoms with van der Waals surface area (Å²) in [5, 5.41) is 1.82. The molecule has 12 heteroatoms. The van der Waals surface area contributed by atoms with Crippen molar-refractivity contribution in [1.29, 1.82) is 0 Å². The van der Waals surface area contributed by atoms with Crippen LogP contribution < -0.4 is 0 Å². The van der Waals surface area contributed by atoms with Crippen molar-refractivity contribution in [2.45, 2.75) is 4.21 Å². The molecule has 1 fully saturated rings. The number of halogens is 2. The molecule has 0 N–H and O–H groups in total. The topological polar surface area (TPSA) is 83.5 Å². The van der Waals surface area contributed by atoms with Crippen LogP contribution in [0.4, 0.5) is 0 Å². The Hall–Kier alpha value is -2.08. The molecule has 4 aromatic rings. The maximum atomic E-state index is 13.1. The van der Waals surface area contributed by atoms with Crippen molar-refractivity contribution < 1.29 is 13.2 Å². The molecule has 5 rings (SSSR count). The van der Waals surface area contributed by atoms with E-state index in [9.17, 15) is 13.2 Å². The van der Waals surface area contributed by atoms with Crippen molar-refractivity contribution in [3.8, 4) is 10.4 Å². The van der Waals surface area contributed by atoms with Gasteiger partial charge in [0.1, 0.15) is 4.21 Å². The predicted molar refractivity (Wildman–Crippen MR) is 134 cm³/mol. The molecule has 172 valence electrons. The van der Waals surface area contributed by atoms with Gasteiger partial charge in [-0.25, -0.2) is 13.4 Å². The van der Waals surface area contributed by atoms with Gasteiger partial charge in [-0.15, -0.1) is 35.1 Å². The van der Waals surface area contributed by atoms with E-state index in [1.54, 1.807) is 41.7 Å². The molecule has 4 heterocycles. The van der Waals surface area contributed by atoms with Crippen LogP contribution in [0.1, 0.15) is 9.80 Å². The van der Waals surface area contributed by atoms with Crippen LogP contribution >= 0.6 is 46.7 Å². The molecule has 0 unspecified atom stereocenters. The fourth-order valence-corrected chi connectivity index (χ4v) is 7.67. The molecule has 0 saturated carbocycles. The zero-order valence-corrected chi connectivity index (χ0v) is 21.1. The Morgan fingerprint density at radius 1 is 1.00 bits per heavy atom. The lowest BCUT2D eigenvalue weighted by atomic mass is 10.2. The number of nitrogens with zero attached hydrogens (tertiary/aromatic N) is 4. The maximum Gasteiger partial charge on any atom is 0.282 e. The van der Waals surface area contributed by atoms with E-state index >= 15 is 0 Å². The van der Waals surface area contributed by atoms with Crippen LogP contribution in [0.15, 0.2) is 59.2 Å². The van der Waals surface area contributed by atoms with E-state index < -0.39 is 10.0 Å². The minimum Gasteiger partial charge on any atom is -0.334 e. The van der Waals surface area contributed by atoms with Crippen LogP contribution in [0.2, 0.25) is 5.02 Å². The molecule has 1 aliphatic rings. The van der Waals surface area contributed by atoms with Crippen LogP contribution in [0.5, 0.6) is 0 Å². The zero-order chi connectivity index (χ0) is 22.3. The second-order valence-corrected chi connectivity index (χ2v) is 11.9. The van der Waals surface area contributed by atoms with Crippen LogP contribution in [-0.2, 0) is 10.0 Å². The third-order valence-electron chi connectivity index (χ3n) is 5.23. The molecule has 1 aromatic carbocycles. The van der Waals surface area contributed by atoms with Gasteiger partial charge in [-0.3, -0.25) is 9.78 Å². The smallest absolute Gasteiger partial charge is 0.282 e. The number of fused-ring (bicyclic) bond motifs is 1. The average molecular weight is 542 g/mol. The quantitative estimate of drug-likeness (QED) is 0.376. The van der Waals surface area contributed by atoms with Crippen molar-refractivity contribution >= 4 is 72.7 Å². The van der Waals surface area contributed by atoms with Gasteiger partial charge in [0.15, 0.2) is 5.01 Å². The number of hydrogen-bond donors (Lipinski definition) is 0. The number of sulfonamides is 1. The Bertz CT molecular complexity index is 1400. The van der Waals surface area contributed by atoms with Gasteiger partial charge in [0.05, 0.1) is 4.88 Å². The van der Waals surface area contributed by atoms with Crippen LogP contribution in [0.3, 0.4) is 0 Å². The lowest BCUT2D eigenvalue weighted by Crippen LogP contribution is -2.50. The fraction of sp³-hybridized carbons (Fsp3) is 0.190. The number of carbonyl (C=O) groups is 1. The number of aromatic nitrogens is 2. The highest BCUT2D eigenvalue weighted by molar-refractivity contribution is 7.91. The lowest BCUT2D eigenvalue weighted by molar-refractivity contribution is 0.0697. The maximum absolute atomic E-state index is 13.1. The van der Waals surface area contributed by atoms with Crippen molar-refractivity contribution in [2.75, 3.05) is 26.2 Å². The standard InChI is InChI=1S/C21H17ClN4O3S3.ClH/c22-16-2-1-15-11-19(30-17(15)12-16)32(28,29)26-9-7-25(8-10-26)21(27)20-24-13-18(31-20)14-3-5-23-6-4-14;/h1-6,11-13H,7-10H2;1H. The first kappa shape index (κ1) is 24.1. The number of rotatable bonds is 4. The van der Waals surface area contributed by atoms with E-state index in [0.29, 0.717) is 23.1 Å². The van der Waals surface area contributed by atoms with E-state index in [2.05, 4.69) is 9.97 Å². The van der Waals surface area contributed by atoms with E-state index in [0.717, 1.165) is 20.5 Å². The summed E-state index contributed by atoms with van der Waals surface area (Å²) in [6.45, 7) is 1.12. The van der Waals surface area contributed by atoms with E-state index in [1.807, 2.05) is 18.2 Å². The Balaban J connectivity index is 0.00000259. The third kappa shape index (κ3) is 4.77. The molecule has 0 atom stereocenters. The molecule has 7 nitrogen and oxygen atoms in total. The van der Waals surface area contributed by atoms with Crippen molar-refractivity contribution in [3.05, 3.63) is 65.0 Å². The average Bonchev–Trinajstić information content (AvgIpc) is 3.47. The molecule has 0 radical (unpaired) electrons. The third-order valence-corrected chi connectivity index (χ3v) is 9.95. The summed E-state index contributed by atoms with van der Waals surface area (Å²) in [5.74, 6) is -0.177. The minimum absolute atomic E-state index is 0. The summed E-state index contributed by atoms with van der Waals surface area (Å²) < 4.78 is 28.8. The van der Waals surface area contributed by atoms with Gasteiger partial charge in [0.2, 0.25) is 0 Å². The Morgan fingerprint density at radius 3 is 2.45 bits per heavy atom. The number of pyridine rings is 1. The summed E-state index contributed by atoms with van der Waals surface area (Å²) >= 11 is 8.56. The Morgan fingerprint density at radius 2 is 1.73 bits per heavy atom. The summed E-state index contributed by atoms with van der Waals surface area (Å²) in [6.07, 6.45) is 5.07. The molecule has 0 bridgehead atoms. The molecule has 0 spiro atoms. The van der Waals surface area contributed by atoms with Gasteiger partial charge < -0.3 is 4.90 Å². The van der Waals surface area contributed by atoms with Gasteiger partial charge in [-0.1, -0.05) is 17.7 Å². The molecular formula is C21H18Cl2N4O3S3. The first-order valence-corrected chi connectivity index (χ1v) is 13.2. The minimum atomic E-state index is -3.63. The van der Waals surface area contributed by atoms with Gasteiger partial charge in [-0.05, 0) is 41.3 Å². The fourth-order valence-electron chi connectivity index (χ4n) is 3.52. The first-order chi connectivity index (χ1) is 15.4. The molecule has 1 aliphatic heterocycles. The number of thiazole rings is 1. The Labute approximate surface area is 210 Å². The van der Waals surface area contributed by atoms with E-state index in [-0.39, 0.29) is 35.6 Å². The molecular weight excluding hydrogens is 523 g/mol. The molecule has 3 aromatic heterocycles. The number of thiophene rings is 1. The Kier molecular flexibility index (Phi) is 7.04. The monoisotopic (exact) mass is 540 g/mol. The number of amides is 1. The summed E-state index contributed by atoms with van der Waals surface area (Å²) in [5.41, 5.74) is 0.956. The molecule has 1 saturated heterocycles. The van der Waals surface area contributed by atoms with Gasteiger partial charge in [0.25, 0.3) is 15.9 Å². The predicted octanol–water partition coefficient (Wildman–Crippen LogP) is 4.64. The lowest BCUT2D eigenvalue weighted by Gasteiger charge is -2.33. The highest BCUT2D eigenvalue weighted by Gasteiger charge is 2.32. The van der Waals surface area contributed by atoms with Crippen LogP contribution in [0, 0.1) is 0 Å². The normalized spacial score (nSPS) is 14.9. The number of hydrogen-bond acceptors (Lipinski definition) is 7. The van der Waals surface area contributed by atoms with E-state index in [4.69, 9.17) is 11.6 Å². The van der Waals surface area contributed by atoms with Crippen molar-refractivity contribution in [1.82, 2.24) is 19.2 Å².